The Morgan fingerprint density at radius 1 is 0.351 bits per heavy atom. The minimum atomic E-state index is 0.869. The zero-order valence-corrected chi connectivity index (χ0v) is 30.9. The van der Waals surface area contributed by atoms with Gasteiger partial charge in [-0.25, -0.2) is 0 Å². The van der Waals surface area contributed by atoms with Gasteiger partial charge in [-0.15, -0.1) is 0 Å². The van der Waals surface area contributed by atoms with Crippen LogP contribution in [0.25, 0.3) is 92.9 Å². The van der Waals surface area contributed by atoms with Gasteiger partial charge in [-0.05, 0) is 99.4 Å². The summed E-state index contributed by atoms with van der Waals surface area (Å²) in [5.41, 5.74) is 10.9. The molecule has 0 aliphatic carbocycles. The summed E-state index contributed by atoms with van der Waals surface area (Å²) in [6, 6.07) is 74.5. The van der Waals surface area contributed by atoms with Gasteiger partial charge in [0.05, 0.1) is 16.7 Å². The molecule has 0 amide bonds. The molecule has 0 atom stereocenters. The Morgan fingerprint density at radius 2 is 0.982 bits per heavy atom. The molecule has 12 rings (SSSR count). The zero-order chi connectivity index (χ0) is 37.5. The molecule has 266 valence electrons. The van der Waals surface area contributed by atoms with Gasteiger partial charge in [-0.1, -0.05) is 133 Å². The number of hydrogen-bond acceptors (Lipinski definition) is 2. The zero-order valence-electron chi connectivity index (χ0n) is 30.9. The fourth-order valence-electron chi connectivity index (χ4n) is 9.09. The predicted molar refractivity (Wildman–Crippen MR) is 241 cm³/mol. The lowest BCUT2D eigenvalue weighted by molar-refractivity contribution is 0.672. The van der Waals surface area contributed by atoms with Crippen molar-refractivity contribution in [2.45, 2.75) is 0 Å². The molecule has 12 aromatic rings. The van der Waals surface area contributed by atoms with Crippen molar-refractivity contribution in [3.05, 3.63) is 206 Å². The van der Waals surface area contributed by atoms with Crippen molar-refractivity contribution in [2.24, 2.45) is 0 Å². The van der Waals surface area contributed by atoms with Gasteiger partial charge in [0.1, 0.15) is 11.2 Å². The molecule has 0 bridgehead atoms. The van der Waals surface area contributed by atoms with Crippen LogP contribution in [-0.4, -0.2) is 4.57 Å². The predicted octanol–water partition coefficient (Wildman–Crippen LogP) is 15.3. The highest BCUT2D eigenvalue weighted by molar-refractivity contribution is 6.17. The van der Waals surface area contributed by atoms with Gasteiger partial charge in [0.15, 0.2) is 0 Å². The van der Waals surface area contributed by atoms with Crippen LogP contribution in [0.15, 0.2) is 211 Å². The van der Waals surface area contributed by atoms with Crippen molar-refractivity contribution in [3.8, 4) is 16.8 Å². The van der Waals surface area contributed by atoms with E-state index in [1.807, 2.05) is 0 Å². The molecule has 57 heavy (non-hydrogen) atoms. The number of hydrogen-bond donors (Lipinski definition) is 0. The fourth-order valence-corrected chi connectivity index (χ4v) is 9.09. The third-order valence-corrected chi connectivity index (χ3v) is 11.7. The molecule has 2 heterocycles. The quantitative estimate of drug-likeness (QED) is 0.165. The van der Waals surface area contributed by atoms with Crippen molar-refractivity contribution in [1.82, 2.24) is 4.57 Å². The summed E-state index contributed by atoms with van der Waals surface area (Å²) >= 11 is 0. The second-order valence-electron chi connectivity index (χ2n) is 14.9. The third-order valence-electron chi connectivity index (χ3n) is 11.7. The Kier molecular flexibility index (Phi) is 6.93. The minimum absolute atomic E-state index is 0.869. The molecule has 0 saturated carbocycles. The molecule has 3 nitrogen and oxygen atoms in total. The molecule has 0 fully saturated rings. The Hall–Kier alpha value is -7.62. The molecule has 2 aromatic heterocycles. The van der Waals surface area contributed by atoms with Crippen LogP contribution in [0.1, 0.15) is 0 Å². The number of nitrogens with zero attached hydrogens (tertiary/aromatic N) is 2. The normalized spacial score (nSPS) is 11.9. The highest BCUT2D eigenvalue weighted by Crippen LogP contribution is 2.45. The van der Waals surface area contributed by atoms with Crippen LogP contribution >= 0.6 is 0 Å². The first-order valence-electron chi connectivity index (χ1n) is 19.5. The maximum atomic E-state index is 6.73. The Labute approximate surface area is 328 Å². The van der Waals surface area contributed by atoms with Crippen molar-refractivity contribution < 1.29 is 4.42 Å². The molecule has 10 aromatic carbocycles. The molecule has 3 heteroatoms. The van der Waals surface area contributed by atoms with Crippen LogP contribution in [0.4, 0.5) is 17.1 Å². The lowest BCUT2D eigenvalue weighted by atomic mass is 9.98. The number of aromatic nitrogens is 1. The van der Waals surface area contributed by atoms with Crippen LogP contribution in [0, 0.1) is 0 Å². The first-order valence-corrected chi connectivity index (χ1v) is 19.5. The van der Waals surface area contributed by atoms with E-state index in [1.165, 1.54) is 59.9 Å². The summed E-state index contributed by atoms with van der Waals surface area (Å²) in [4.78, 5) is 2.39. The molecule has 0 saturated heterocycles. The van der Waals surface area contributed by atoms with E-state index in [-0.39, 0.29) is 0 Å². The molecule has 0 N–H and O–H groups in total. The molecule has 0 unspecified atom stereocenters. The maximum absolute atomic E-state index is 6.73. The number of rotatable bonds is 5. The summed E-state index contributed by atoms with van der Waals surface area (Å²) in [6.45, 7) is 0. The number of fused-ring (bicyclic) bond motifs is 11. The van der Waals surface area contributed by atoms with Gasteiger partial charge >= 0.3 is 0 Å². The largest absolute Gasteiger partial charge is 0.455 e. The van der Waals surface area contributed by atoms with E-state index in [0.29, 0.717) is 0 Å². The Bertz CT molecular complexity index is 3520. The van der Waals surface area contributed by atoms with E-state index in [9.17, 15) is 0 Å². The van der Waals surface area contributed by atoms with Crippen molar-refractivity contribution in [3.63, 3.8) is 0 Å². The van der Waals surface area contributed by atoms with E-state index in [0.717, 1.165) is 50.1 Å². The average molecular weight is 727 g/mol. The summed E-state index contributed by atoms with van der Waals surface area (Å²) < 4.78 is 9.10. The smallest absolute Gasteiger partial charge is 0.143 e. The molecule has 0 spiro atoms. The molecular formula is C54H34N2O. The van der Waals surface area contributed by atoms with Crippen molar-refractivity contribution in [1.29, 1.82) is 0 Å². The van der Waals surface area contributed by atoms with E-state index >= 15 is 0 Å². The van der Waals surface area contributed by atoms with Gasteiger partial charge in [0.2, 0.25) is 0 Å². The number of para-hydroxylation sites is 2. The van der Waals surface area contributed by atoms with Gasteiger partial charge in [0.25, 0.3) is 0 Å². The van der Waals surface area contributed by atoms with Gasteiger partial charge in [0, 0.05) is 55.4 Å². The average Bonchev–Trinajstić information content (AvgIpc) is 3.82. The first kappa shape index (κ1) is 31.7. The second-order valence-corrected chi connectivity index (χ2v) is 14.9. The highest BCUT2D eigenvalue weighted by atomic mass is 16.3. The van der Waals surface area contributed by atoms with Crippen LogP contribution in [0.3, 0.4) is 0 Å². The fraction of sp³-hybridized carbons (Fsp3) is 0. The van der Waals surface area contributed by atoms with E-state index in [1.54, 1.807) is 0 Å². The van der Waals surface area contributed by atoms with Crippen LogP contribution in [-0.2, 0) is 0 Å². The SMILES string of the molecule is c1ccc(-n2c3ccccc3c3cc(-c4ccc(N(c5ccc6c(c5)oc5c7ccccc7ccc65)c5cc6ccccc6c6ccccc56)cc4)ccc32)cc1. The van der Waals surface area contributed by atoms with Gasteiger partial charge in [-0.2, -0.15) is 0 Å². The Balaban J connectivity index is 1.03. The van der Waals surface area contributed by atoms with E-state index in [4.69, 9.17) is 4.42 Å². The van der Waals surface area contributed by atoms with Crippen LogP contribution < -0.4 is 4.90 Å². The van der Waals surface area contributed by atoms with Gasteiger partial charge < -0.3 is 13.9 Å². The third kappa shape index (κ3) is 4.92. The van der Waals surface area contributed by atoms with Crippen LogP contribution in [0.5, 0.6) is 0 Å². The first-order chi connectivity index (χ1) is 28.3. The lowest BCUT2D eigenvalue weighted by Gasteiger charge is -2.27. The summed E-state index contributed by atoms with van der Waals surface area (Å²) in [5, 5.41) is 11.9. The maximum Gasteiger partial charge on any atom is 0.143 e. The van der Waals surface area contributed by atoms with E-state index in [2.05, 4.69) is 216 Å². The summed E-state index contributed by atoms with van der Waals surface area (Å²) in [5.74, 6) is 0. The number of anilines is 3. The minimum Gasteiger partial charge on any atom is -0.455 e. The lowest BCUT2D eigenvalue weighted by Crippen LogP contribution is -2.10. The van der Waals surface area contributed by atoms with Crippen molar-refractivity contribution in [2.75, 3.05) is 4.90 Å². The summed E-state index contributed by atoms with van der Waals surface area (Å²) in [6.07, 6.45) is 0. The van der Waals surface area contributed by atoms with E-state index < -0.39 is 0 Å². The van der Waals surface area contributed by atoms with Crippen molar-refractivity contribution >= 4 is 93.1 Å². The monoisotopic (exact) mass is 726 g/mol. The van der Waals surface area contributed by atoms with Crippen LogP contribution in [0.2, 0.25) is 0 Å². The molecular weight excluding hydrogens is 693 g/mol. The standard InChI is InChI=1S/C54H34N2O/c1-2-14-39(15-3-1)56-50-21-11-10-20-46(50)49-32-37(25-31-51(49)56)35-22-26-40(27-23-35)55(52-33-38-13-5-6-16-42(38)44-18-8-9-19-45(44)52)41-28-30-47-48-29-24-36-12-4-7-17-43(36)54(48)57-53(47)34-41/h1-34H. The number of benzene rings is 10. The Morgan fingerprint density at radius 3 is 1.82 bits per heavy atom. The topological polar surface area (TPSA) is 21.3 Å². The number of furan rings is 1. The molecule has 0 radical (unpaired) electrons. The second kappa shape index (κ2) is 12.5. The molecule has 0 aliphatic heterocycles. The van der Waals surface area contributed by atoms with Gasteiger partial charge in [-0.3, -0.25) is 0 Å². The molecule has 0 aliphatic rings. The highest BCUT2D eigenvalue weighted by Gasteiger charge is 2.20. The summed E-state index contributed by atoms with van der Waals surface area (Å²) in [7, 11) is 0.